The van der Waals surface area contributed by atoms with Gasteiger partial charge in [0.05, 0.1) is 0 Å². The molecule has 0 saturated heterocycles. The van der Waals surface area contributed by atoms with Gasteiger partial charge in [0.15, 0.2) is 0 Å². The lowest BCUT2D eigenvalue weighted by Crippen LogP contribution is -2.22. The van der Waals surface area contributed by atoms with Crippen LogP contribution < -0.4 is 4.74 Å². The molecule has 3 aromatic rings. The second-order valence-electron chi connectivity index (χ2n) is 7.23. The van der Waals surface area contributed by atoms with Gasteiger partial charge in [-0.3, -0.25) is 4.28 Å². The van der Waals surface area contributed by atoms with Gasteiger partial charge in [-0.25, -0.2) is 0 Å². The van der Waals surface area contributed by atoms with Crippen LogP contribution in [0.2, 0.25) is 0 Å². The second-order valence-corrected chi connectivity index (χ2v) is 8.76. The summed E-state index contributed by atoms with van der Waals surface area (Å²) in [7, 11) is -4.00. The Hall–Kier alpha value is -2.86. The molecule has 0 aromatic heterocycles. The minimum atomic E-state index is -4.00. The van der Waals surface area contributed by atoms with E-state index in [4.69, 9.17) is 9.02 Å². The normalized spacial score (nSPS) is 17.3. The molecule has 0 aliphatic carbocycles. The van der Waals surface area contributed by atoms with Gasteiger partial charge in [-0.1, -0.05) is 66.5 Å². The van der Waals surface area contributed by atoms with Gasteiger partial charge in [-0.05, 0) is 43.4 Å². The summed E-state index contributed by atoms with van der Waals surface area (Å²) in [6.07, 6.45) is 2.36. The molecule has 1 atom stereocenters. The third kappa shape index (κ3) is 3.85. The molecule has 1 unspecified atom stereocenters. The predicted octanol–water partition coefficient (Wildman–Crippen LogP) is 5.21. The molecule has 29 heavy (non-hydrogen) atoms. The molecule has 0 radical (unpaired) electrons. The van der Waals surface area contributed by atoms with Crippen LogP contribution in [0.4, 0.5) is 0 Å². The van der Waals surface area contributed by atoms with Crippen molar-refractivity contribution in [1.29, 1.82) is 0 Å². The van der Waals surface area contributed by atoms with E-state index in [0.717, 1.165) is 46.9 Å². The van der Waals surface area contributed by atoms with E-state index in [9.17, 15) is 8.42 Å². The average Bonchev–Trinajstić information content (AvgIpc) is 3.09. The Kier molecular flexibility index (Phi) is 5.28. The van der Waals surface area contributed by atoms with Gasteiger partial charge in [0.2, 0.25) is 0 Å². The first kappa shape index (κ1) is 19.5. The zero-order valence-electron chi connectivity index (χ0n) is 16.5. The molecule has 0 saturated carbocycles. The van der Waals surface area contributed by atoms with E-state index in [1.165, 1.54) is 12.1 Å². The molecule has 0 fully saturated rings. The number of oxime groups is 1. The number of hydrogen-bond acceptors (Lipinski definition) is 5. The fraction of sp³-hybridized carbons (Fsp3) is 0.261. The smallest absolute Gasteiger partial charge is 0.358 e. The molecule has 1 aliphatic heterocycles. The summed E-state index contributed by atoms with van der Waals surface area (Å²) in [6, 6.07) is 18.4. The van der Waals surface area contributed by atoms with Gasteiger partial charge in [-0.15, -0.1) is 0 Å². The van der Waals surface area contributed by atoms with Crippen molar-refractivity contribution < 1.29 is 17.4 Å². The van der Waals surface area contributed by atoms with Crippen LogP contribution in [0.25, 0.3) is 10.8 Å². The number of benzene rings is 3. The molecular weight excluding hydrogens is 386 g/mol. The minimum Gasteiger partial charge on any atom is -0.483 e. The van der Waals surface area contributed by atoms with Crippen LogP contribution in [-0.2, 0) is 14.4 Å². The van der Waals surface area contributed by atoms with Gasteiger partial charge < -0.3 is 4.74 Å². The van der Waals surface area contributed by atoms with Gasteiger partial charge in [0, 0.05) is 10.9 Å². The zero-order valence-corrected chi connectivity index (χ0v) is 17.3. The number of unbranched alkanes of at least 4 members (excludes halogenated alkanes) is 1. The Morgan fingerprint density at radius 2 is 1.79 bits per heavy atom. The summed E-state index contributed by atoms with van der Waals surface area (Å²) in [5.74, 6) is 0.735. The molecule has 0 amide bonds. The molecule has 150 valence electrons. The molecular formula is C23H23NO4S. The Labute approximate surface area is 171 Å². The third-order valence-electron chi connectivity index (χ3n) is 5.08. The van der Waals surface area contributed by atoms with Crippen molar-refractivity contribution in [2.75, 3.05) is 0 Å². The van der Waals surface area contributed by atoms with Crippen molar-refractivity contribution in [1.82, 2.24) is 0 Å². The lowest BCUT2D eigenvalue weighted by atomic mass is 10.0. The van der Waals surface area contributed by atoms with Gasteiger partial charge in [0.25, 0.3) is 0 Å². The van der Waals surface area contributed by atoms with Crippen LogP contribution >= 0.6 is 0 Å². The molecule has 6 heteroatoms. The highest BCUT2D eigenvalue weighted by atomic mass is 32.2. The molecule has 1 aliphatic rings. The van der Waals surface area contributed by atoms with E-state index in [1.807, 2.05) is 43.3 Å². The lowest BCUT2D eigenvalue weighted by molar-refractivity contribution is 0.262. The summed E-state index contributed by atoms with van der Waals surface area (Å²) in [6.45, 7) is 4.00. The standard InChI is InChI=1S/C23H23NO4S/c1-3-4-9-21-22(24-28-29(25,26)18-13-10-16(2)11-14-18)20-15-12-17-7-5-6-8-19(17)23(20)27-21/h5-8,10-15,21H,3-4,9H2,1-2H3/b24-22-. The Balaban J connectivity index is 1.72. The monoisotopic (exact) mass is 409 g/mol. The van der Waals surface area contributed by atoms with E-state index < -0.39 is 10.1 Å². The molecule has 1 heterocycles. The number of rotatable bonds is 6. The summed E-state index contributed by atoms with van der Waals surface area (Å²) in [5, 5.41) is 6.13. The summed E-state index contributed by atoms with van der Waals surface area (Å²) < 4.78 is 36.5. The fourth-order valence-electron chi connectivity index (χ4n) is 3.47. The van der Waals surface area contributed by atoms with E-state index in [2.05, 4.69) is 12.1 Å². The van der Waals surface area contributed by atoms with Crippen LogP contribution in [-0.4, -0.2) is 20.2 Å². The molecule has 0 spiro atoms. The van der Waals surface area contributed by atoms with Crippen molar-refractivity contribution in [2.45, 2.75) is 44.1 Å². The van der Waals surface area contributed by atoms with Crippen molar-refractivity contribution in [2.24, 2.45) is 5.16 Å². The van der Waals surface area contributed by atoms with Crippen LogP contribution in [0, 0.1) is 6.92 Å². The highest BCUT2D eigenvalue weighted by Gasteiger charge is 2.33. The van der Waals surface area contributed by atoms with Crippen LogP contribution in [0.1, 0.15) is 37.3 Å². The summed E-state index contributed by atoms with van der Waals surface area (Å²) >= 11 is 0. The maximum absolute atomic E-state index is 12.6. The minimum absolute atomic E-state index is 0.0789. The zero-order chi connectivity index (χ0) is 20.4. The van der Waals surface area contributed by atoms with Crippen LogP contribution in [0.15, 0.2) is 70.7 Å². The molecule has 0 bridgehead atoms. The van der Waals surface area contributed by atoms with Crippen LogP contribution in [0.5, 0.6) is 5.75 Å². The molecule has 3 aromatic carbocycles. The average molecular weight is 410 g/mol. The second kappa shape index (κ2) is 7.87. The maximum atomic E-state index is 12.6. The Bertz CT molecular complexity index is 1170. The largest absolute Gasteiger partial charge is 0.483 e. The van der Waals surface area contributed by atoms with E-state index in [-0.39, 0.29) is 11.0 Å². The van der Waals surface area contributed by atoms with Gasteiger partial charge in [0.1, 0.15) is 22.5 Å². The molecule has 5 nitrogen and oxygen atoms in total. The lowest BCUT2D eigenvalue weighted by Gasteiger charge is -2.11. The highest BCUT2D eigenvalue weighted by Crippen LogP contribution is 2.38. The maximum Gasteiger partial charge on any atom is 0.358 e. The first-order chi connectivity index (χ1) is 14.0. The van der Waals surface area contributed by atoms with Crippen molar-refractivity contribution in [3.63, 3.8) is 0 Å². The fourth-order valence-corrected chi connectivity index (χ4v) is 4.21. The number of hydrogen-bond donors (Lipinski definition) is 0. The SMILES string of the molecule is CCCCC1Oc2c(ccc3ccccc23)/C1=N/OS(=O)(=O)c1ccc(C)cc1. The molecule has 4 rings (SSSR count). The number of fused-ring (bicyclic) bond motifs is 3. The van der Waals surface area contributed by atoms with E-state index >= 15 is 0 Å². The number of nitrogens with zero attached hydrogens (tertiary/aromatic N) is 1. The highest BCUT2D eigenvalue weighted by molar-refractivity contribution is 7.86. The Morgan fingerprint density at radius 1 is 1.03 bits per heavy atom. The topological polar surface area (TPSA) is 65.0 Å². The van der Waals surface area contributed by atoms with E-state index in [0.29, 0.717) is 5.71 Å². The number of aryl methyl sites for hydroxylation is 1. The Morgan fingerprint density at radius 3 is 2.55 bits per heavy atom. The first-order valence-electron chi connectivity index (χ1n) is 9.76. The first-order valence-corrected chi connectivity index (χ1v) is 11.2. The third-order valence-corrected chi connectivity index (χ3v) is 6.20. The van der Waals surface area contributed by atoms with Crippen molar-refractivity contribution >= 4 is 26.6 Å². The van der Waals surface area contributed by atoms with Crippen molar-refractivity contribution in [3.05, 3.63) is 71.8 Å². The number of ether oxygens (including phenoxy) is 1. The van der Waals surface area contributed by atoms with Crippen LogP contribution in [0.3, 0.4) is 0 Å². The quantitative estimate of drug-likeness (QED) is 0.524. The summed E-state index contributed by atoms with van der Waals surface area (Å²) in [4.78, 5) is 0.0789. The van der Waals surface area contributed by atoms with Crippen molar-refractivity contribution in [3.8, 4) is 5.75 Å². The van der Waals surface area contributed by atoms with Gasteiger partial charge in [-0.2, -0.15) is 8.42 Å². The molecule has 0 N–H and O–H groups in total. The van der Waals surface area contributed by atoms with E-state index in [1.54, 1.807) is 12.1 Å². The van der Waals surface area contributed by atoms with Gasteiger partial charge >= 0.3 is 10.1 Å². The predicted molar refractivity (Wildman–Crippen MR) is 114 cm³/mol. The summed E-state index contributed by atoms with van der Waals surface area (Å²) in [5.41, 5.74) is 2.28.